The molecule has 1 N–H and O–H groups in total. The highest BCUT2D eigenvalue weighted by Crippen LogP contribution is 2.30. The monoisotopic (exact) mass is 347 g/mol. The van der Waals surface area contributed by atoms with Crippen LogP contribution in [0.5, 0.6) is 0 Å². The van der Waals surface area contributed by atoms with E-state index in [1.807, 2.05) is 31.0 Å². The van der Waals surface area contributed by atoms with Gasteiger partial charge in [0, 0.05) is 30.9 Å². The molecule has 0 unspecified atom stereocenters. The van der Waals surface area contributed by atoms with Crippen molar-refractivity contribution in [1.82, 2.24) is 0 Å². The molecule has 126 valence electrons. The van der Waals surface area contributed by atoms with Gasteiger partial charge in [0.15, 0.2) is 0 Å². The van der Waals surface area contributed by atoms with E-state index >= 15 is 0 Å². The van der Waals surface area contributed by atoms with Crippen LogP contribution in [0.15, 0.2) is 36.4 Å². The van der Waals surface area contributed by atoms with Gasteiger partial charge in [-0.25, -0.2) is 0 Å². The van der Waals surface area contributed by atoms with Crippen LogP contribution in [0.1, 0.15) is 22.8 Å². The Kier molecular flexibility index (Phi) is 5.41. The maximum atomic E-state index is 12.4. The number of carbonyl (C=O) groups is 1. The number of nitro groups is 1. The first-order valence-corrected chi connectivity index (χ1v) is 7.78. The number of nitrogens with zero attached hydrogens (tertiary/aromatic N) is 2. The van der Waals surface area contributed by atoms with Gasteiger partial charge in [-0.05, 0) is 49.7 Å². The van der Waals surface area contributed by atoms with E-state index in [4.69, 9.17) is 11.6 Å². The molecule has 0 aliphatic carbocycles. The summed E-state index contributed by atoms with van der Waals surface area (Å²) in [5.41, 5.74) is 2.26. The van der Waals surface area contributed by atoms with Crippen LogP contribution in [0.25, 0.3) is 0 Å². The van der Waals surface area contributed by atoms with Crippen molar-refractivity contribution in [3.05, 3.63) is 62.7 Å². The zero-order valence-corrected chi connectivity index (χ0v) is 14.4. The van der Waals surface area contributed by atoms with E-state index in [-0.39, 0.29) is 16.6 Å². The number of hydrogen-bond donors (Lipinski definition) is 1. The lowest BCUT2D eigenvalue weighted by molar-refractivity contribution is -0.384. The van der Waals surface area contributed by atoms with E-state index in [1.165, 1.54) is 12.1 Å². The average Bonchev–Trinajstić information content (AvgIpc) is 2.56. The van der Waals surface area contributed by atoms with Gasteiger partial charge in [-0.2, -0.15) is 0 Å². The zero-order valence-electron chi connectivity index (χ0n) is 13.7. The van der Waals surface area contributed by atoms with Gasteiger partial charge >= 0.3 is 0 Å². The molecule has 0 aromatic heterocycles. The fourth-order valence-electron chi connectivity index (χ4n) is 2.18. The lowest BCUT2D eigenvalue weighted by atomic mass is 10.1. The molecule has 0 spiro atoms. The standard InChI is InChI=1S/C17H18ClN3O3/c1-4-20(3)13-7-5-12(6-8-13)17(22)19-15-10-16(21(23)24)14(18)9-11(15)2/h5-10H,4H2,1-3H3,(H,19,22). The number of benzene rings is 2. The van der Waals surface area contributed by atoms with Gasteiger partial charge in [-0.3, -0.25) is 14.9 Å². The van der Waals surface area contributed by atoms with Crippen molar-refractivity contribution < 1.29 is 9.72 Å². The number of anilines is 2. The highest BCUT2D eigenvalue weighted by atomic mass is 35.5. The van der Waals surface area contributed by atoms with Crippen LogP contribution in [0.2, 0.25) is 5.02 Å². The summed E-state index contributed by atoms with van der Waals surface area (Å²) in [5.74, 6) is -0.333. The van der Waals surface area contributed by atoms with E-state index in [2.05, 4.69) is 5.32 Å². The van der Waals surface area contributed by atoms with Gasteiger partial charge in [0.2, 0.25) is 0 Å². The Morgan fingerprint density at radius 3 is 2.46 bits per heavy atom. The van der Waals surface area contributed by atoms with Crippen molar-refractivity contribution in [3.63, 3.8) is 0 Å². The van der Waals surface area contributed by atoms with Crippen molar-refractivity contribution >= 4 is 34.6 Å². The third kappa shape index (κ3) is 3.83. The maximum absolute atomic E-state index is 12.4. The van der Waals surface area contributed by atoms with Crippen LogP contribution >= 0.6 is 11.6 Å². The van der Waals surface area contributed by atoms with E-state index < -0.39 is 4.92 Å². The first-order valence-electron chi connectivity index (χ1n) is 7.40. The van der Waals surface area contributed by atoms with Crippen LogP contribution in [-0.2, 0) is 0 Å². The molecule has 0 bridgehead atoms. The highest BCUT2D eigenvalue weighted by molar-refractivity contribution is 6.32. The van der Waals surface area contributed by atoms with Gasteiger partial charge in [0.05, 0.1) is 10.6 Å². The molecule has 7 heteroatoms. The second-order valence-corrected chi connectivity index (χ2v) is 5.80. The molecule has 2 aromatic carbocycles. The normalized spacial score (nSPS) is 10.3. The molecule has 0 saturated heterocycles. The summed E-state index contributed by atoms with van der Waals surface area (Å²) in [7, 11) is 1.96. The number of hydrogen-bond acceptors (Lipinski definition) is 4. The summed E-state index contributed by atoms with van der Waals surface area (Å²) in [5, 5.41) is 13.7. The van der Waals surface area contributed by atoms with Crippen LogP contribution in [0.3, 0.4) is 0 Å². The Morgan fingerprint density at radius 2 is 1.92 bits per heavy atom. The van der Waals surface area contributed by atoms with E-state index in [9.17, 15) is 14.9 Å². The van der Waals surface area contributed by atoms with Crippen molar-refractivity contribution in [2.75, 3.05) is 23.8 Å². The Hall–Kier alpha value is -2.60. The lowest BCUT2D eigenvalue weighted by Gasteiger charge is -2.17. The first-order chi connectivity index (χ1) is 11.3. The minimum atomic E-state index is -0.577. The lowest BCUT2D eigenvalue weighted by Crippen LogP contribution is -2.16. The minimum absolute atomic E-state index is 0.0439. The van der Waals surface area contributed by atoms with E-state index in [0.717, 1.165) is 12.2 Å². The van der Waals surface area contributed by atoms with Gasteiger partial charge in [0.25, 0.3) is 11.6 Å². The molecule has 0 aliphatic heterocycles. The fourth-order valence-corrected chi connectivity index (χ4v) is 2.47. The SMILES string of the molecule is CCN(C)c1ccc(C(=O)Nc2cc([N+](=O)[O-])c(Cl)cc2C)cc1. The molecule has 2 aromatic rings. The number of halogens is 1. The summed E-state index contributed by atoms with van der Waals surface area (Å²) in [6, 6.07) is 9.89. The molecule has 24 heavy (non-hydrogen) atoms. The summed E-state index contributed by atoms with van der Waals surface area (Å²) in [6.07, 6.45) is 0. The summed E-state index contributed by atoms with van der Waals surface area (Å²) in [4.78, 5) is 24.8. The molecule has 0 aliphatic rings. The summed E-state index contributed by atoms with van der Waals surface area (Å²) >= 11 is 5.85. The Labute approximate surface area is 145 Å². The number of nitrogens with one attached hydrogen (secondary N) is 1. The molecule has 2 rings (SSSR count). The van der Waals surface area contributed by atoms with E-state index in [0.29, 0.717) is 16.8 Å². The molecule has 0 radical (unpaired) electrons. The van der Waals surface area contributed by atoms with Gasteiger partial charge in [-0.1, -0.05) is 11.6 Å². The molecular weight excluding hydrogens is 330 g/mol. The number of aryl methyl sites for hydroxylation is 1. The van der Waals surface area contributed by atoms with Gasteiger partial charge in [0.1, 0.15) is 5.02 Å². The molecule has 6 nitrogen and oxygen atoms in total. The molecule has 0 fully saturated rings. The van der Waals surface area contributed by atoms with E-state index in [1.54, 1.807) is 19.1 Å². The molecule has 1 amide bonds. The minimum Gasteiger partial charge on any atom is -0.375 e. The quantitative estimate of drug-likeness (QED) is 0.647. The van der Waals surface area contributed by atoms with Crippen LogP contribution < -0.4 is 10.2 Å². The van der Waals surface area contributed by atoms with Crippen molar-refractivity contribution in [2.45, 2.75) is 13.8 Å². The number of rotatable bonds is 5. The molecule has 0 heterocycles. The third-order valence-corrected chi connectivity index (χ3v) is 4.09. The number of amides is 1. The Bertz CT molecular complexity index is 775. The zero-order chi connectivity index (χ0) is 17.9. The smallest absolute Gasteiger partial charge is 0.289 e. The second-order valence-electron chi connectivity index (χ2n) is 5.39. The number of nitro benzene ring substituents is 1. The predicted octanol–water partition coefficient (Wildman–Crippen LogP) is 4.27. The molecule has 0 saturated carbocycles. The van der Waals surface area contributed by atoms with Gasteiger partial charge < -0.3 is 10.2 Å². The highest BCUT2D eigenvalue weighted by Gasteiger charge is 2.17. The predicted molar refractivity (Wildman–Crippen MR) is 96.2 cm³/mol. The van der Waals surface area contributed by atoms with Crippen LogP contribution in [-0.4, -0.2) is 24.4 Å². The van der Waals surface area contributed by atoms with Crippen LogP contribution in [0, 0.1) is 17.0 Å². The van der Waals surface area contributed by atoms with Gasteiger partial charge in [-0.15, -0.1) is 0 Å². The van der Waals surface area contributed by atoms with Crippen molar-refractivity contribution in [3.8, 4) is 0 Å². The third-order valence-electron chi connectivity index (χ3n) is 3.78. The second kappa shape index (κ2) is 7.31. The summed E-state index contributed by atoms with van der Waals surface area (Å²) < 4.78 is 0. The fraction of sp³-hybridized carbons (Fsp3) is 0.235. The number of carbonyl (C=O) groups excluding carboxylic acids is 1. The first kappa shape index (κ1) is 17.7. The topological polar surface area (TPSA) is 75.5 Å². The summed E-state index contributed by atoms with van der Waals surface area (Å²) in [6.45, 7) is 4.63. The average molecular weight is 348 g/mol. The Morgan fingerprint density at radius 1 is 1.29 bits per heavy atom. The van der Waals surface area contributed by atoms with Crippen LogP contribution in [0.4, 0.5) is 17.1 Å². The molecular formula is C17H18ClN3O3. The Balaban J connectivity index is 2.23. The van der Waals surface area contributed by atoms with Crippen molar-refractivity contribution in [1.29, 1.82) is 0 Å². The molecule has 0 atom stereocenters. The largest absolute Gasteiger partial charge is 0.375 e. The van der Waals surface area contributed by atoms with Crippen molar-refractivity contribution in [2.24, 2.45) is 0 Å². The maximum Gasteiger partial charge on any atom is 0.289 e.